The lowest BCUT2D eigenvalue weighted by molar-refractivity contribution is -0.175. The van der Waals surface area contributed by atoms with E-state index in [-0.39, 0.29) is 28.8 Å². The van der Waals surface area contributed by atoms with Crippen LogP contribution in [0.25, 0.3) is 0 Å². The van der Waals surface area contributed by atoms with Crippen molar-refractivity contribution in [1.29, 1.82) is 0 Å². The number of carbonyl (C=O) groups excluding carboxylic acids is 1. The lowest BCUT2D eigenvalue weighted by atomic mass is 9.52. The molecule has 4 aliphatic carbocycles. The minimum Gasteiger partial charge on any atom is -0.452 e. The van der Waals surface area contributed by atoms with Gasteiger partial charge in [0.2, 0.25) is 0 Å². The van der Waals surface area contributed by atoms with Crippen molar-refractivity contribution in [2.75, 3.05) is 0 Å². The molecule has 0 spiro atoms. The van der Waals surface area contributed by atoms with Crippen molar-refractivity contribution < 1.29 is 30.0 Å². The Morgan fingerprint density at radius 1 is 1.11 bits per heavy atom. The van der Waals surface area contributed by atoms with Crippen LogP contribution in [0, 0.1) is 34.5 Å². The van der Waals surface area contributed by atoms with Gasteiger partial charge in [-0.3, -0.25) is 0 Å². The lowest BCUT2D eigenvalue weighted by Gasteiger charge is -2.53. The molecule has 0 aromatic heterocycles. The number of rotatable bonds is 4. The Balaban J connectivity index is 1.50. The standard InChI is InChI=1S/C29H42O6/c1-15(2)29(34,16(3)30)24-13-20(26(33)35-24)25-23(32)14-22-19-7-6-17-12-18(31)8-10-27(17,4)21(19)9-11-28(22,25)5/h7,9,13,15-18,22-25,30-32,34H,6,8,10-12,14H2,1-5H3/t16-,17-,18-,22-,23+,24-,25-,27-,28-,29+/m0/s1. The average molecular weight is 487 g/mol. The molecule has 194 valence electrons. The summed E-state index contributed by atoms with van der Waals surface area (Å²) < 4.78 is 5.64. The summed E-state index contributed by atoms with van der Waals surface area (Å²) in [5, 5.41) is 43.2. The fourth-order valence-corrected chi connectivity index (χ4v) is 8.37. The maximum atomic E-state index is 13.1. The molecular weight excluding hydrogens is 444 g/mol. The molecule has 0 unspecified atom stereocenters. The Kier molecular flexibility index (Phi) is 5.95. The molecule has 0 saturated heterocycles. The first kappa shape index (κ1) is 25.2. The van der Waals surface area contributed by atoms with Crippen molar-refractivity contribution in [2.24, 2.45) is 34.5 Å². The quantitative estimate of drug-likeness (QED) is 0.454. The number of cyclic esters (lactones) is 1. The summed E-state index contributed by atoms with van der Waals surface area (Å²) in [6, 6.07) is 0. The van der Waals surface area contributed by atoms with Gasteiger partial charge in [-0.05, 0) is 91.3 Å². The molecule has 6 heteroatoms. The normalized spacial score (nSPS) is 45.4. The molecule has 6 nitrogen and oxygen atoms in total. The average Bonchev–Trinajstić information content (AvgIpc) is 3.28. The largest absolute Gasteiger partial charge is 0.452 e. The van der Waals surface area contributed by atoms with Crippen LogP contribution in [0.5, 0.6) is 0 Å². The number of aliphatic hydroxyl groups is 4. The molecule has 5 rings (SSSR count). The molecule has 4 N–H and O–H groups in total. The maximum absolute atomic E-state index is 13.1. The van der Waals surface area contributed by atoms with Crippen LogP contribution in [0.3, 0.4) is 0 Å². The third kappa shape index (κ3) is 3.47. The monoisotopic (exact) mass is 486 g/mol. The van der Waals surface area contributed by atoms with Gasteiger partial charge in [0.1, 0.15) is 5.60 Å². The van der Waals surface area contributed by atoms with Crippen LogP contribution in [0.15, 0.2) is 34.9 Å². The number of esters is 1. The zero-order chi connectivity index (χ0) is 25.5. The van der Waals surface area contributed by atoms with E-state index in [1.807, 2.05) is 0 Å². The molecule has 0 radical (unpaired) electrons. The summed E-state index contributed by atoms with van der Waals surface area (Å²) in [4.78, 5) is 13.1. The van der Waals surface area contributed by atoms with Gasteiger partial charge in [0.15, 0.2) is 6.10 Å². The number of ether oxygens (including phenoxy) is 1. The fraction of sp³-hybridized carbons (Fsp3) is 0.759. The van der Waals surface area contributed by atoms with E-state index < -0.39 is 35.8 Å². The minimum atomic E-state index is -1.60. The molecule has 2 fully saturated rings. The molecular formula is C29H42O6. The second-order valence-electron chi connectivity index (χ2n) is 12.8. The van der Waals surface area contributed by atoms with E-state index in [4.69, 9.17) is 4.74 Å². The van der Waals surface area contributed by atoms with E-state index in [1.165, 1.54) is 18.1 Å². The Morgan fingerprint density at radius 2 is 1.83 bits per heavy atom. The zero-order valence-corrected chi connectivity index (χ0v) is 21.7. The zero-order valence-electron chi connectivity index (χ0n) is 21.7. The lowest BCUT2D eigenvalue weighted by Crippen LogP contribution is -2.54. The van der Waals surface area contributed by atoms with E-state index in [9.17, 15) is 25.2 Å². The summed E-state index contributed by atoms with van der Waals surface area (Å²) in [7, 11) is 0. The van der Waals surface area contributed by atoms with Crippen molar-refractivity contribution in [1.82, 2.24) is 0 Å². The van der Waals surface area contributed by atoms with Gasteiger partial charge in [0.25, 0.3) is 0 Å². The van der Waals surface area contributed by atoms with Crippen molar-refractivity contribution >= 4 is 5.97 Å². The topological polar surface area (TPSA) is 107 Å². The molecule has 0 aromatic rings. The molecule has 1 heterocycles. The van der Waals surface area contributed by atoms with Crippen molar-refractivity contribution in [3.05, 3.63) is 34.9 Å². The van der Waals surface area contributed by atoms with Crippen LogP contribution < -0.4 is 0 Å². The Morgan fingerprint density at radius 3 is 2.49 bits per heavy atom. The first-order valence-electron chi connectivity index (χ1n) is 13.4. The van der Waals surface area contributed by atoms with Gasteiger partial charge in [-0.15, -0.1) is 0 Å². The van der Waals surface area contributed by atoms with Gasteiger partial charge in [-0.1, -0.05) is 39.8 Å². The van der Waals surface area contributed by atoms with Crippen LogP contribution in [0.2, 0.25) is 0 Å². The highest BCUT2D eigenvalue weighted by Gasteiger charge is 2.60. The third-order valence-electron chi connectivity index (χ3n) is 10.7. The smallest absolute Gasteiger partial charge is 0.334 e. The van der Waals surface area contributed by atoms with Crippen molar-refractivity contribution in [2.45, 2.75) is 103 Å². The summed E-state index contributed by atoms with van der Waals surface area (Å²) in [5.74, 6) is -0.645. The minimum absolute atomic E-state index is 0.0509. The van der Waals surface area contributed by atoms with Gasteiger partial charge in [0.05, 0.1) is 18.3 Å². The fourth-order valence-electron chi connectivity index (χ4n) is 8.37. The van der Waals surface area contributed by atoms with Gasteiger partial charge < -0.3 is 25.2 Å². The summed E-state index contributed by atoms with van der Waals surface area (Å²) in [6.07, 6.45) is 8.36. The van der Waals surface area contributed by atoms with Gasteiger partial charge >= 0.3 is 5.97 Å². The van der Waals surface area contributed by atoms with E-state index in [2.05, 4.69) is 26.0 Å². The van der Waals surface area contributed by atoms with E-state index >= 15 is 0 Å². The number of carbonyl (C=O) groups is 1. The highest BCUT2D eigenvalue weighted by atomic mass is 16.6. The maximum Gasteiger partial charge on any atom is 0.334 e. The van der Waals surface area contributed by atoms with Crippen LogP contribution in [-0.4, -0.2) is 56.4 Å². The van der Waals surface area contributed by atoms with Gasteiger partial charge in [-0.2, -0.15) is 0 Å². The predicted octanol–water partition coefficient (Wildman–Crippen LogP) is 3.44. The van der Waals surface area contributed by atoms with Gasteiger partial charge in [0, 0.05) is 11.5 Å². The number of allylic oxidation sites excluding steroid dienone is 4. The second kappa shape index (κ2) is 8.27. The Bertz CT molecular complexity index is 983. The molecule has 2 saturated carbocycles. The first-order valence-corrected chi connectivity index (χ1v) is 13.4. The van der Waals surface area contributed by atoms with E-state index in [0.29, 0.717) is 17.9 Å². The van der Waals surface area contributed by atoms with Crippen molar-refractivity contribution in [3.63, 3.8) is 0 Å². The molecule has 0 bridgehead atoms. The number of aliphatic hydroxyl groups excluding tert-OH is 3. The van der Waals surface area contributed by atoms with Crippen LogP contribution in [0.1, 0.15) is 73.1 Å². The molecule has 1 aliphatic heterocycles. The Hall–Kier alpha value is -1.47. The van der Waals surface area contributed by atoms with Crippen LogP contribution in [-0.2, 0) is 9.53 Å². The highest BCUT2D eigenvalue weighted by Crippen LogP contribution is 2.65. The first-order chi connectivity index (χ1) is 16.3. The summed E-state index contributed by atoms with van der Waals surface area (Å²) in [5.41, 5.74) is 1.26. The van der Waals surface area contributed by atoms with Crippen molar-refractivity contribution in [3.8, 4) is 0 Å². The predicted molar refractivity (Wildman–Crippen MR) is 132 cm³/mol. The van der Waals surface area contributed by atoms with E-state index in [0.717, 1.165) is 32.1 Å². The Labute approximate surface area is 208 Å². The third-order valence-corrected chi connectivity index (χ3v) is 10.7. The number of hydrogen-bond donors (Lipinski definition) is 4. The summed E-state index contributed by atoms with van der Waals surface area (Å²) in [6.45, 7) is 9.64. The van der Waals surface area contributed by atoms with E-state index in [1.54, 1.807) is 19.9 Å². The molecule has 5 aliphatic rings. The molecule has 0 amide bonds. The van der Waals surface area contributed by atoms with Gasteiger partial charge in [-0.25, -0.2) is 4.79 Å². The number of hydrogen-bond acceptors (Lipinski definition) is 6. The van der Waals surface area contributed by atoms with Crippen LogP contribution in [0.4, 0.5) is 0 Å². The SMILES string of the molecule is CC(C)[C@@](O)([C@H](C)O)[C@@H]1C=C([C@H]2[C@H](O)C[C@H]3C4=CC[C@H]5C[C@@H](O)CC[C@]5(C)C4=CC[C@@]32C)C(=O)O1. The molecule has 35 heavy (non-hydrogen) atoms. The molecule has 10 atom stereocenters. The number of fused-ring (bicyclic) bond motifs is 5. The highest BCUT2D eigenvalue weighted by molar-refractivity contribution is 5.92. The second-order valence-corrected chi connectivity index (χ2v) is 12.8. The van der Waals surface area contributed by atoms with Crippen LogP contribution >= 0.6 is 0 Å². The summed E-state index contributed by atoms with van der Waals surface area (Å²) >= 11 is 0. The molecule has 0 aromatic carbocycles.